The minimum absolute atomic E-state index is 0.655. The third kappa shape index (κ3) is 4.97. The number of nitrogens with one attached hydrogen (secondary N) is 1. The first-order valence-corrected chi connectivity index (χ1v) is 5.74. The zero-order valence-electron chi connectivity index (χ0n) is 10.5. The summed E-state index contributed by atoms with van der Waals surface area (Å²) in [6.45, 7) is 2.97. The molecule has 0 fully saturated rings. The summed E-state index contributed by atoms with van der Waals surface area (Å²) >= 11 is 0. The highest BCUT2D eigenvalue weighted by Gasteiger charge is 2.03. The molecule has 0 saturated carbocycles. The van der Waals surface area contributed by atoms with E-state index in [1.807, 2.05) is 13.1 Å². The smallest absolute Gasteiger partial charge is 0.133 e. The Hall–Kier alpha value is -1.40. The van der Waals surface area contributed by atoms with E-state index in [-0.39, 0.29) is 0 Å². The van der Waals surface area contributed by atoms with Gasteiger partial charge in [-0.05, 0) is 13.0 Å². The normalized spacial score (nSPS) is 10.3. The highest BCUT2D eigenvalue weighted by Crippen LogP contribution is 2.12. The van der Waals surface area contributed by atoms with Gasteiger partial charge in [0.1, 0.15) is 18.0 Å². The van der Waals surface area contributed by atoms with Crippen molar-refractivity contribution < 1.29 is 4.74 Å². The molecule has 1 rings (SSSR count). The van der Waals surface area contributed by atoms with E-state index in [1.54, 1.807) is 13.4 Å². The highest BCUT2D eigenvalue weighted by molar-refractivity contribution is 5.47. The Balaban J connectivity index is 2.52. The number of rotatable bonds is 8. The highest BCUT2D eigenvalue weighted by atomic mass is 16.5. The molecule has 96 valence electrons. The van der Waals surface area contributed by atoms with Gasteiger partial charge in [-0.3, -0.25) is 0 Å². The molecule has 0 aromatic carbocycles. The Morgan fingerprint density at radius 2 is 2.29 bits per heavy atom. The second-order valence-electron chi connectivity index (χ2n) is 3.74. The topological polar surface area (TPSA) is 76.3 Å². The van der Waals surface area contributed by atoms with Crippen LogP contribution in [0.15, 0.2) is 12.4 Å². The Morgan fingerprint density at radius 3 is 3.00 bits per heavy atom. The zero-order chi connectivity index (χ0) is 12.5. The van der Waals surface area contributed by atoms with Crippen molar-refractivity contribution >= 4 is 11.6 Å². The van der Waals surface area contributed by atoms with E-state index in [4.69, 9.17) is 10.5 Å². The van der Waals surface area contributed by atoms with Gasteiger partial charge in [-0.2, -0.15) is 0 Å². The van der Waals surface area contributed by atoms with E-state index >= 15 is 0 Å². The average Bonchev–Trinajstić information content (AvgIpc) is 2.36. The van der Waals surface area contributed by atoms with Gasteiger partial charge in [0.05, 0.1) is 6.61 Å². The van der Waals surface area contributed by atoms with E-state index in [0.29, 0.717) is 13.2 Å². The molecule has 0 saturated heterocycles. The van der Waals surface area contributed by atoms with Crippen molar-refractivity contribution in [2.24, 2.45) is 5.73 Å². The SMILES string of the molecule is COCCNc1cc(N(C)CCCN)ncn1. The molecule has 6 heteroatoms. The maximum absolute atomic E-state index is 5.48. The third-order valence-corrected chi connectivity index (χ3v) is 2.35. The molecule has 0 unspecified atom stereocenters. The summed E-state index contributed by atoms with van der Waals surface area (Å²) in [7, 11) is 3.67. The third-order valence-electron chi connectivity index (χ3n) is 2.35. The van der Waals surface area contributed by atoms with Gasteiger partial charge < -0.3 is 20.7 Å². The molecule has 1 aromatic heterocycles. The lowest BCUT2D eigenvalue weighted by Gasteiger charge is -2.18. The Morgan fingerprint density at radius 1 is 1.47 bits per heavy atom. The molecule has 6 nitrogen and oxygen atoms in total. The Labute approximate surface area is 102 Å². The molecule has 0 radical (unpaired) electrons. The average molecular weight is 239 g/mol. The fourth-order valence-corrected chi connectivity index (χ4v) is 1.38. The zero-order valence-corrected chi connectivity index (χ0v) is 10.5. The second-order valence-corrected chi connectivity index (χ2v) is 3.74. The van der Waals surface area contributed by atoms with Crippen LogP contribution in [0.5, 0.6) is 0 Å². The molecule has 0 bridgehead atoms. The lowest BCUT2D eigenvalue weighted by molar-refractivity contribution is 0.210. The molecule has 1 heterocycles. The minimum atomic E-state index is 0.655. The summed E-state index contributed by atoms with van der Waals surface area (Å²) in [5, 5.41) is 3.17. The van der Waals surface area contributed by atoms with Gasteiger partial charge >= 0.3 is 0 Å². The molecule has 1 aromatic rings. The molecule has 0 aliphatic rings. The molecule has 0 aliphatic heterocycles. The number of hydrogen-bond acceptors (Lipinski definition) is 6. The van der Waals surface area contributed by atoms with E-state index in [9.17, 15) is 0 Å². The van der Waals surface area contributed by atoms with Gasteiger partial charge in [0.25, 0.3) is 0 Å². The van der Waals surface area contributed by atoms with Gasteiger partial charge in [-0.25, -0.2) is 9.97 Å². The fraction of sp³-hybridized carbons (Fsp3) is 0.636. The van der Waals surface area contributed by atoms with Crippen molar-refractivity contribution in [2.45, 2.75) is 6.42 Å². The fourth-order valence-electron chi connectivity index (χ4n) is 1.38. The van der Waals surface area contributed by atoms with Crippen LogP contribution in [0.2, 0.25) is 0 Å². The summed E-state index contributed by atoms with van der Waals surface area (Å²) in [4.78, 5) is 10.4. The molecule has 0 spiro atoms. The van der Waals surface area contributed by atoms with Crippen LogP contribution in [0.3, 0.4) is 0 Å². The molecular formula is C11H21N5O. The molecule has 0 aliphatic carbocycles. The van der Waals surface area contributed by atoms with Crippen LogP contribution in [0.1, 0.15) is 6.42 Å². The van der Waals surface area contributed by atoms with Gasteiger partial charge in [0.15, 0.2) is 0 Å². The summed E-state index contributed by atoms with van der Waals surface area (Å²) in [5.74, 6) is 1.71. The van der Waals surface area contributed by atoms with Crippen molar-refractivity contribution in [3.8, 4) is 0 Å². The van der Waals surface area contributed by atoms with Crippen LogP contribution < -0.4 is 16.0 Å². The number of ether oxygens (including phenoxy) is 1. The number of nitrogens with zero attached hydrogens (tertiary/aromatic N) is 3. The first-order chi connectivity index (χ1) is 8.27. The number of anilines is 2. The number of aromatic nitrogens is 2. The Bertz CT molecular complexity index is 320. The second kappa shape index (κ2) is 7.81. The molecule has 3 N–H and O–H groups in total. The van der Waals surface area contributed by atoms with Crippen molar-refractivity contribution in [1.82, 2.24) is 9.97 Å². The van der Waals surface area contributed by atoms with Crippen molar-refractivity contribution in [1.29, 1.82) is 0 Å². The molecule has 0 amide bonds. The summed E-state index contributed by atoms with van der Waals surface area (Å²) in [6.07, 6.45) is 2.51. The first kappa shape index (κ1) is 13.7. The molecule has 17 heavy (non-hydrogen) atoms. The lowest BCUT2D eigenvalue weighted by atomic mass is 10.4. The van der Waals surface area contributed by atoms with Crippen molar-refractivity contribution in [3.63, 3.8) is 0 Å². The van der Waals surface area contributed by atoms with E-state index in [0.717, 1.165) is 31.1 Å². The maximum Gasteiger partial charge on any atom is 0.133 e. The van der Waals surface area contributed by atoms with Crippen LogP contribution in [0, 0.1) is 0 Å². The van der Waals surface area contributed by atoms with E-state index in [2.05, 4.69) is 20.2 Å². The van der Waals surface area contributed by atoms with Gasteiger partial charge in [-0.15, -0.1) is 0 Å². The Kier molecular flexibility index (Phi) is 6.27. The van der Waals surface area contributed by atoms with Crippen LogP contribution in [0.4, 0.5) is 11.6 Å². The predicted octanol–water partition coefficient (Wildman–Crippen LogP) is 0.320. The summed E-state index contributed by atoms with van der Waals surface area (Å²) in [6, 6.07) is 1.92. The first-order valence-electron chi connectivity index (χ1n) is 5.74. The van der Waals surface area contributed by atoms with Gasteiger partial charge in [-0.1, -0.05) is 0 Å². The largest absolute Gasteiger partial charge is 0.383 e. The van der Waals surface area contributed by atoms with Crippen LogP contribution in [-0.2, 0) is 4.74 Å². The van der Waals surface area contributed by atoms with Gasteiger partial charge in [0, 0.05) is 33.3 Å². The minimum Gasteiger partial charge on any atom is -0.383 e. The molecule has 0 atom stereocenters. The maximum atomic E-state index is 5.48. The number of nitrogens with two attached hydrogens (primary N) is 1. The van der Waals surface area contributed by atoms with Crippen molar-refractivity contribution in [2.75, 3.05) is 50.6 Å². The quantitative estimate of drug-likeness (QED) is 0.636. The predicted molar refractivity (Wildman–Crippen MR) is 69.3 cm³/mol. The number of hydrogen-bond donors (Lipinski definition) is 2. The lowest BCUT2D eigenvalue weighted by Crippen LogP contribution is -2.22. The van der Waals surface area contributed by atoms with E-state index in [1.165, 1.54) is 0 Å². The van der Waals surface area contributed by atoms with Crippen LogP contribution >= 0.6 is 0 Å². The van der Waals surface area contributed by atoms with E-state index < -0.39 is 0 Å². The standard InChI is InChI=1S/C11H21N5O/c1-16(6-3-4-12)11-8-10(14-9-15-11)13-5-7-17-2/h8-9H,3-7,12H2,1-2H3,(H,13,14,15). The monoisotopic (exact) mass is 239 g/mol. The van der Waals surface area contributed by atoms with Crippen LogP contribution in [-0.4, -0.2) is 50.4 Å². The molecular weight excluding hydrogens is 218 g/mol. The van der Waals surface area contributed by atoms with Crippen LogP contribution in [0.25, 0.3) is 0 Å². The van der Waals surface area contributed by atoms with Gasteiger partial charge in [0.2, 0.25) is 0 Å². The van der Waals surface area contributed by atoms with Crippen molar-refractivity contribution in [3.05, 3.63) is 12.4 Å². The summed E-state index contributed by atoms with van der Waals surface area (Å²) in [5.41, 5.74) is 5.48. The number of methoxy groups -OCH3 is 1. The summed E-state index contributed by atoms with van der Waals surface area (Å²) < 4.78 is 4.96.